The zero-order valence-corrected chi connectivity index (χ0v) is 26.8. The van der Waals surface area contributed by atoms with Crippen LogP contribution in [0.1, 0.15) is 37.5 Å². The van der Waals surface area contributed by atoms with E-state index in [2.05, 4.69) is 31.9 Å². The first kappa shape index (κ1) is 30.0. The SMILES string of the molecule is O=C(CN(C(=O)c1ccc(Cl)c(Cl)c1)N1C(=O)[C@@H]2[C@H]3C[C@@H]([C@H](Br)[C@H]3Br)[C@@H]2C1=O)c1ccc(OC(=O)c2ccccc2)cc1. The number of nitrogens with zero attached hydrogens (tertiary/aromatic N) is 2. The highest BCUT2D eigenvalue weighted by Gasteiger charge is 2.67. The van der Waals surface area contributed by atoms with Crippen molar-refractivity contribution in [3.63, 3.8) is 0 Å². The van der Waals surface area contributed by atoms with Gasteiger partial charge in [0.05, 0.1) is 27.4 Å². The summed E-state index contributed by atoms with van der Waals surface area (Å²) in [5.41, 5.74) is 0.615. The molecule has 3 aromatic carbocycles. The van der Waals surface area contributed by atoms with Crippen LogP contribution >= 0.6 is 55.1 Å². The summed E-state index contributed by atoms with van der Waals surface area (Å²) >= 11 is 19.5. The molecule has 2 saturated carbocycles. The van der Waals surface area contributed by atoms with Gasteiger partial charge in [0.2, 0.25) is 0 Å². The maximum atomic E-state index is 13.8. The van der Waals surface area contributed by atoms with Gasteiger partial charge in [0, 0.05) is 20.8 Å². The Kier molecular flexibility index (Phi) is 8.23. The average Bonchev–Trinajstić information content (AvgIpc) is 3.62. The number of esters is 1. The molecule has 3 aromatic rings. The molecule has 0 spiro atoms. The van der Waals surface area contributed by atoms with E-state index in [4.69, 9.17) is 27.9 Å². The minimum Gasteiger partial charge on any atom is -0.423 e. The van der Waals surface area contributed by atoms with Crippen LogP contribution in [0.2, 0.25) is 10.0 Å². The molecule has 3 fully saturated rings. The maximum absolute atomic E-state index is 13.8. The number of hydrogen-bond donors (Lipinski definition) is 0. The first-order valence-corrected chi connectivity index (χ1v) is 16.0. The fourth-order valence-electron chi connectivity index (χ4n) is 6.26. The van der Waals surface area contributed by atoms with Gasteiger partial charge in [-0.25, -0.2) is 9.80 Å². The molecular weight excluding hydrogens is 727 g/mol. The molecule has 6 atom stereocenters. The van der Waals surface area contributed by atoms with Gasteiger partial charge in [-0.3, -0.25) is 19.2 Å². The van der Waals surface area contributed by atoms with Crippen molar-refractivity contribution in [2.45, 2.75) is 16.1 Å². The molecule has 220 valence electrons. The Morgan fingerprint density at radius 2 is 1.37 bits per heavy atom. The molecule has 1 saturated heterocycles. The molecule has 2 aliphatic carbocycles. The molecule has 0 radical (unpaired) electrons. The van der Waals surface area contributed by atoms with Crippen LogP contribution in [-0.4, -0.2) is 55.7 Å². The van der Waals surface area contributed by atoms with Gasteiger partial charge < -0.3 is 4.74 Å². The number of ketones is 1. The van der Waals surface area contributed by atoms with E-state index in [1.165, 1.54) is 42.5 Å². The summed E-state index contributed by atoms with van der Waals surface area (Å²) in [4.78, 5) is 67.3. The predicted molar refractivity (Wildman–Crippen MR) is 166 cm³/mol. The Bertz CT molecular complexity index is 1620. The minimum atomic E-state index is -0.750. The van der Waals surface area contributed by atoms with Crippen LogP contribution in [-0.2, 0) is 9.59 Å². The second-order valence-electron chi connectivity index (χ2n) is 10.7. The van der Waals surface area contributed by atoms with Crippen molar-refractivity contribution in [2.24, 2.45) is 23.7 Å². The smallest absolute Gasteiger partial charge is 0.343 e. The Balaban J connectivity index is 1.27. The second kappa shape index (κ2) is 11.8. The quantitative estimate of drug-likeness (QED) is 0.0935. The van der Waals surface area contributed by atoms with E-state index < -0.39 is 47.9 Å². The Morgan fingerprint density at radius 3 is 1.95 bits per heavy atom. The van der Waals surface area contributed by atoms with Crippen LogP contribution < -0.4 is 4.74 Å². The van der Waals surface area contributed by atoms with Crippen molar-refractivity contribution < 1.29 is 28.7 Å². The van der Waals surface area contributed by atoms with Crippen molar-refractivity contribution in [1.82, 2.24) is 10.0 Å². The summed E-state index contributed by atoms with van der Waals surface area (Å²) < 4.78 is 5.38. The summed E-state index contributed by atoms with van der Waals surface area (Å²) in [7, 11) is 0. The highest BCUT2D eigenvalue weighted by molar-refractivity contribution is 9.12. The highest BCUT2D eigenvalue weighted by atomic mass is 79.9. The third-order valence-electron chi connectivity index (χ3n) is 8.30. The van der Waals surface area contributed by atoms with Crippen LogP contribution in [0.5, 0.6) is 5.75 Å². The summed E-state index contributed by atoms with van der Waals surface area (Å²) in [5, 5.41) is 2.08. The molecule has 8 nitrogen and oxygen atoms in total. The number of rotatable bonds is 7. The third-order valence-corrected chi connectivity index (χ3v) is 12.2. The number of hydrogen-bond acceptors (Lipinski definition) is 6. The maximum Gasteiger partial charge on any atom is 0.343 e. The Hall–Kier alpha value is -3.05. The first-order chi connectivity index (χ1) is 20.6. The number of carbonyl (C=O) groups is 5. The number of fused-ring (bicyclic) bond motifs is 5. The fraction of sp³-hybridized carbons (Fsp3) is 0.258. The summed E-state index contributed by atoms with van der Waals surface area (Å²) in [6, 6.07) is 18.5. The topological polar surface area (TPSA) is 101 Å². The second-order valence-corrected chi connectivity index (χ2v) is 13.6. The summed E-state index contributed by atoms with van der Waals surface area (Å²) in [5.74, 6) is -3.97. The number of ether oxygens (including phenoxy) is 1. The monoisotopic (exact) mass is 746 g/mol. The molecule has 6 rings (SSSR count). The number of alkyl halides is 2. The molecule has 3 amide bonds. The zero-order chi connectivity index (χ0) is 30.6. The Morgan fingerprint density at radius 1 is 0.791 bits per heavy atom. The van der Waals surface area contributed by atoms with Gasteiger partial charge in [0.25, 0.3) is 17.7 Å². The molecule has 0 N–H and O–H groups in total. The van der Waals surface area contributed by atoms with Gasteiger partial charge in [-0.1, -0.05) is 73.3 Å². The lowest BCUT2D eigenvalue weighted by molar-refractivity contribution is -0.154. The lowest BCUT2D eigenvalue weighted by atomic mass is 9.81. The van der Waals surface area contributed by atoms with Crippen molar-refractivity contribution >= 4 is 84.5 Å². The molecule has 1 heterocycles. The van der Waals surface area contributed by atoms with E-state index in [0.29, 0.717) is 12.0 Å². The number of halogens is 4. The molecule has 2 bridgehead atoms. The van der Waals surface area contributed by atoms with E-state index >= 15 is 0 Å². The van der Waals surface area contributed by atoms with Crippen LogP contribution in [0.4, 0.5) is 0 Å². The zero-order valence-electron chi connectivity index (χ0n) is 22.2. The third kappa shape index (κ3) is 5.32. The average molecular weight is 749 g/mol. The van der Waals surface area contributed by atoms with E-state index in [1.807, 2.05) is 0 Å². The van der Waals surface area contributed by atoms with Crippen molar-refractivity contribution in [3.05, 3.63) is 99.5 Å². The van der Waals surface area contributed by atoms with Gasteiger partial charge >= 0.3 is 5.97 Å². The number of benzene rings is 3. The molecule has 43 heavy (non-hydrogen) atoms. The van der Waals surface area contributed by atoms with E-state index in [1.54, 1.807) is 30.3 Å². The fourth-order valence-corrected chi connectivity index (χ4v) is 8.43. The van der Waals surface area contributed by atoms with Crippen LogP contribution in [0, 0.1) is 23.7 Å². The lowest BCUT2D eigenvalue weighted by Gasteiger charge is -2.31. The molecule has 12 heteroatoms. The molecular formula is C31H22Br2Cl2N2O6. The largest absolute Gasteiger partial charge is 0.423 e. The molecule has 1 aliphatic heterocycles. The Labute approximate surface area is 273 Å². The van der Waals surface area contributed by atoms with Gasteiger partial charge in [-0.2, -0.15) is 5.01 Å². The molecule has 3 aliphatic rings. The number of carbonyl (C=O) groups excluding carboxylic acids is 5. The summed E-state index contributed by atoms with van der Waals surface area (Å²) in [6.07, 6.45) is 0.716. The van der Waals surface area contributed by atoms with E-state index in [9.17, 15) is 24.0 Å². The molecule has 0 unspecified atom stereocenters. The highest BCUT2D eigenvalue weighted by Crippen LogP contribution is 2.60. The normalized spacial score (nSPS) is 25.5. The van der Waals surface area contributed by atoms with Gasteiger partial charge in [0.1, 0.15) is 12.3 Å². The van der Waals surface area contributed by atoms with Crippen LogP contribution in [0.25, 0.3) is 0 Å². The van der Waals surface area contributed by atoms with E-state index in [0.717, 1.165) is 10.0 Å². The number of amides is 3. The van der Waals surface area contributed by atoms with Crippen molar-refractivity contribution in [3.8, 4) is 5.75 Å². The molecule has 0 aromatic heterocycles. The number of Topliss-reactive ketones (excluding diaryl/α,β-unsaturated/α-hetero) is 1. The van der Waals surface area contributed by atoms with Gasteiger partial charge in [-0.15, -0.1) is 0 Å². The van der Waals surface area contributed by atoms with Crippen molar-refractivity contribution in [2.75, 3.05) is 6.54 Å². The predicted octanol–water partition coefficient (Wildman–Crippen LogP) is 6.23. The number of imide groups is 1. The standard InChI is InChI=1S/C31H22Br2Cl2N2O6/c32-26-19-13-20(27(26)33)25-24(19)29(40)37(30(25)41)36(28(39)17-8-11-21(34)22(35)12-17)14-23(38)15-6-9-18(10-7-15)43-31(42)16-4-2-1-3-5-16/h1-12,19-20,24-27H,13-14H2/t19-,20-,24-,25+,26+,27+/m1/s1. The lowest BCUT2D eigenvalue weighted by Crippen LogP contribution is -2.52. The minimum absolute atomic E-state index is 0.00538. The number of hydrazine groups is 1. The van der Waals surface area contributed by atoms with E-state index in [-0.39, 0.29) is 48.4 Å². The van der Waals surface area contributed by atoms with Crippen LogP contribution in [0.3, 0.4) is 0 Å². The summed E-state index contributed by atoms with van der Waals surface area (Å²) in [6.45, 7) is -0.593. The van der Waals surface area contributed by atoms with Crippen molar-refractivity contribution in [1.29, 1.82) is 0 Å². The van der Waals surface area contributed by atoms with Gasteiger partial charge in [0.15, 0.2) is 5.78 Å². The van der Waals surface area contributed by atoms with Gasteiger partial charge in [-0.05, 0) is 72.9 Å². The first-order valence-electron chi connectivity index (χ1n) is 13.4. The van der Waals surface area contributed by atoms with Crippen LogP contribution in [0.15, 0.2) is 72.8 Å².